The first-order valence-corrected chi connectivity index (χ1v) is 9.85. The Balaban J connectivity index is 1.44. The summed E-state index contributed by atoms with van der Waals surface area (Å²) >= 11 is 14.0. The van der Waals surface area contributed by atoms with Gasteiger partial charge in [0.2, 0.25) is 0 Å². The minimum absolute atomic E-state index is 0.681. The van der Waals surface area contributed by atoms with Gasteiger partial charge in [0.15, 0.2) is 0 Å². The second kappa shape index (κ2) is 6.91. The quantitative estimate of drug-likeness (QED) is 0.551. The summed E-state index contributed by atoms with van der Waals surface area (Å²) < 4.78 is 1.30. The molecular weight excluding hydrogens is 359 g/mol. The fourth-order valence-corrected chi connectivity index (χ4v) is 4.81. The smallest absolute Gasteiger partial charge is 0.0833 e. The Morgan fingerprint density at radius 3 is 2.75 bits per heavy atom. The number of piperidine rings is 1. The Labute approximate surface area is 156 Å². The molecule has 2 aromatic carbocycles. The van der Waals surface area contributed by atoms with Crippen molar-refractivity contribution in [2.75, 3.05) is 18.0 Å². The highest BCUT2D eigenvalue weighted by Gasteiger charge is 2.22. The molecule has 5 heteroatoms. The lowest BCUT2D eigenvalue weighted by Gasteiger charge is -2.34. The van der Waals surface area contributed by atoms with E-state index in [2.05, 4.69) is 34.1 Å². The van der Waals surface area contributed by atoms with E-state index in [9.17, 15) is 0 Å². The summed E-state index contributed by atoms with van der Waals surface area (Å²) in [6.07, 6.45) is 3.41. The number of benzene rings is 2. The minimum atomic E-state index is 0.681. The fourth-order valence-electron chi connectivity index (χ4n) is 3.50. The second-order valence-corrected chi connectivity index (χ2v) is 8.05. The zero-order valence-corrected chi connectivity index (χ0v) is 15.5. The van der Waals surface area contributed by atoms with E-state index in [0.717, 1.165) is 30.0 Å². The largest absolute Gasteiger partial charge is 0.370 e. The minimum Gasteiger partial charge on any atom is -0.370 e. The molecule has 0 atom stereocenters. The fraction of sp³-hybridized carbons (Fsp3) is 0.316. The van der Waals surface area contributed by atoms with E-state index < -0.39 is 0 Å². The molecule has 1 aliphatic heterocycles. The Morgan fingerprint density at radius 1 is 1.12 bits per heavy atom. The number of hydrogen-bond acceptors (Lipinski definition) is 3. The van der Waals surface area contributed by atoms with Crippen molar-refractivity contribution in [3.8, 4) is 0 Å². The van der Waals surface area contributed by atoms with Crippen molar-refractivity contribution >= 4 is 50.4 Å². The molecule has 4 rings (SSSR count). The average Bonchev–Trinajstić information content (AvgIpc) is 3.07. The molecule has 1 fully saturated rings. The van der Waals surface area contributed by atoms with Crippen LogP contribution in [0.3, 0.4) is 0 Å². The summed E-state index contributed by atoms with van der Waals surface area (Å²) in [7, 11) is 0. The van der Waals surface area contributed by atoms with Gasteiger partial charge in [-0.05, 0) is 55.0 Å². The van der Waals surface area contributed by atoms with Crippen LogP contribution in [0.5, 0.6) is 0 Å². The van der Waals surface area contributed by atoms with Gasteiger partial charge in [-0.15, -0.1) is 11.3 Å². The molecule has 0 aliphatic carbocycles. The van der Waals surface area contributed by atoms with E-state index in [0.29, 0.717) is 10.9 Å². The highest BCUT2D eigenvalue weighted by Crippen LogP contribution is 2.34. The van der Waals surface area contributed by atoms with Gasteiger partial charge in [0.1, 0.15) is 0 Å². The third kappa shape index (κ3) is 3.26. The first kappa shape index (κ1) is 16.2. The molecule has 0 amide bonds. The standard InChI is InChI=1S/C19H18Cl2N2S/c20-15-5-4-14(16(21)11-15)10-13-6-8-23(9-7-13)18-3-1-2-17-19(18)24-12-22-17/h1-5,11-13H,6-10H2. The van der Waals surface area contributed by atoms with Crippen LogP contribution >= 0.6 is 34.5 Å². The van der Waals surface area contributed by atoms with Crippen LogP contribution in [0.4, 0.5) is 5.69 Å². The van der Waals surface area contributed by atoms with Crippen LogP contribution in [0.25, 0.3) is 10.2 Å². The molecule has 1 saturated heterocycles. The number of thiazole rings is 1. The van der Waals surface area contributed by atoms with Crippen molar-refractivity contribution in [2.45, 2.75) is 19.3 Å². The normalized spacial score (nSPS) is 16.0. The molecule has 1 aromatic heterocycles. The summed E-state index contributed by atoms with van der Waals surface area (Å²) in [5, 5.41) is 1.50. The Bertz CT molecular complexity index is 853. The highest BCUT2D eigenvalue weighted by atomic mass is 35.5. The first-order valence-electron chi connectivity index (χ1n) is 8.22. The summed E-state index contributed by atoms with van der Waals surface area (Å²) in [4.78, 5) is 6.93. The lowest BCUT2D eigenvalue weighted by atomic mass is 9.90. The van der Waals surface area contributed by atoms with Crippen molar-refractivity contribution < 1.29 is 0 Å². The van der Waals surface area contributed by atoms with Gasteiger partial charge in [-0.2, -0.15) is 0 Å². The number of fused-ring (bicyclic) bond motifs is 1. The highest BCUT2D eigenvalue weighted by molar-refractivity contribution is 7.17. The van der Waals surface area contributed by atoms with E-state index in [4.69, 9.17) is 23.2 Å². The van der Waals surface area contributed by atoms with Gasteiger partial charge in [-0.3, -0.25) is 0 Å². The van der Waals surface area contributed by atoms with E-state index in [-0.39, 0.29) is 0 Å². The van der Waals surface area contributed by atoms with E-state index >= 15 is 0 Å². The zero-order valence-electron chi connectivity index (χ0n) is 13.2. The molecule has 0 bridgehead atoms. The number of halogens is 2. The third-order valence-corrected chi connectivity index (χ3v) is 6.27. The maximum atomic E-state index is 6.33. The number of anilines is 1. The molecule has 0 spiro atoms. The molecule has 2 heterocycles. The SMILES string of the molecule is Clc1ccc(CC2CCN(c3cccc4ncsc34)CC2)c(Cl)c1. The third-order valence-electron chi connectivity index (χ3n) is 4.81. The van der Waals surface area contributed by atoms with Gasteiger partial charge in [-0.1, -0.05) is 35.3 Å². The monoisotopic (exact) mass is 376 g/mol. The Morgan fingerprint density at radius 2 is 1.96 bits per heavy atom. The van der Waals surface area contributed by atoms with Crippen molar-refractivity contribution in [3.05, 3.63) is 57.5 Å². The lowest BCUT2D eigenvalue weighted by molar-refractivity contribution is 0.404. The van der Waals surface area contributed by atoms with Crippen LogP contribution in [0.15, 0.2) is 41.9 Å². The maximum Gasteiger partial charge on any atom is 0.0833 e. The maximum absolute atomic E-state index is 6.33. The van der Waals surface area contributed by atoms with E-state index in [1.165, 1.54) is 28.8 Å². The van der Waals surface area contributed by atoms with Gasteiger partial charge in [-0.25, -0.2) is 4.98 Å². The van der Waals surface area contributed by atoms with Gasteiger partial charge < -0.3 is 4.90 Å². The average molecular weight is 377 g/mol. The van der Waals surface area contributed by atoms with Crippen molar-refractivity contribution in [1.29, 1.82) is 0 Å². The molecule has 0 unspecified atom stereocenters. The molecule has 0 radical (unpaired) electrons. The second-order valence-electron chi connectivity index (χ2n) is 6.35. The number of aromatic nitrogens is 1. The molecule has 24 heavy (non-hydrogen) atoms. The van der Waals surface area contributed by atoms with Crippen LogP contribution in [0.2, 0.25) is 10.0 Å². The molecular formula is C19H18Cl2N2S. The number of nitrogens with zero attached hydrogens (tertiary/aromatic N) is 2. The molecule has 0 saturated carbocycles. The summed E-state index contributed by atoms with van der Waals surface area (Å²) in [5.41, 5.74) is 5.58. The Kier molecular flexibility index (Phi) is 4.66. The van der Waals surface area contributed by atoms with Crippen molar-refractivity contribution in [1.82, 2.24) is 4.98 Å². The lowest BCUT2D eigenvalue weighted by Crippen LogP contribution is -2.34. The molecule has 1 aliphatic rings. The predicted octanol–water partition coefficient (Wildman–Crippen LogP) is 6.06. The zero-order chi connectivity index (χ0) is 16.5. The van der Waals surface area contributed by atoms with Gasteiger partial charge >= 0.3 is 0 Å². The van der Waals surface area contributed by atoms with Gasteiger partial charge in [0, 0.05) is 23.1 Å². The van der Waals surface area contributed by atoms with E-state index in [1.54, 1.807) is 11.3 Å². The predicted molar refractivity (Wildman–Crippen MR) is 105 cm³/mol. The first-order chi connectivity index (χ1) is 11.7. The molecule has 2 nitrogen and oxygen atoms in total. The molecule has 124 valence electrons. The Hall–Kier alpha value is -1.29. The number of rotatable bonds is 3. The molecule has 0 N–H and O–H groups in total. The van der Waals surface area contributed by atoms with Crippen LogP contribution in [-0.4, -0.2) is 18.1 Å². The van der Waals surface area contributed by atoms with Crippen molar-refractivity contribution in [2.24, 2.45) is 5.92 Å². The van der Waals surface area contributed by atoms with Crippen LogP contribution in [-0.2, 0) is 6.42 Å². The van der Waals surface area contributed by atoms with Crippen molar-refractivity contribution in [3.63, 3.8) is 0 Å². The summed E-state index contributed by atoms with van der Waals surface area (Å²) in [5.74, 6) is 0.681. The molecule has 3 aromatic rings. The topological polar surface area (TPSA) is 16.1 Å². The summed E-state index contributed by atoms with van der Waals surface area (Å²) in [6.45, 7) is 2.18. The van der Waals surface area contributed by atoms with Crippen LogP contribution in [0.1, 0.15) is 18.4 Å². The summed E-state index contributed by atoms with van der Waals surface area (Å²) in [6, 6.07) is 12.3. The van der Waals surface area contributed by atoms with Crippen LogP contribution in [0, 0.1) is 5.92 Å². The number of hydrogen-bond donors (Lipinski definition) is 0. The van der Waals surface area contributed by atoms with Gasteiger partial charge in [0.05, 0.1) is 21.4 Å². The van der Waals surface area contributed by atoms with E-state index in [1.807, 2.05) is 17.6 Å². The van der Waals surface area contributed by atoms with Crippen LogP contribution < -0.4 is 4.90 Å². The van der Waals surface area contributed by atoms with Gasteiger partial charge in [0.25, 0.3) is 0 Å².